The van der Waals surface area contributed by atoms with Crippen LogP contribution in [0.4, 0.5) is 0 Å². The first-order chi connectivity index (χ1) is 8.74. The average molecular weight is 265 g/mol. The zero-order chi connectivity index (χ0) is 12.5. The quantitative estimate of drug-likeness (QED) is 0.802. The van der Waals surface area contributed by atoms with Gasteiger partial charge >= 0.3 is 0 Å². The molecule has 1 heterocycles. The number of carbonyl (C=O) groups is 1. The number of aromatic nitrogens is 2. The molecule has 98 valence electrons. The van der Waals surface area contributed by atoms with Crippen molar-refractivity contribution >= 4 is 17.7 Å². The minimum absolute atomic E-state index is 0.129. The number of rotatable bonds is 6. The Labute approximate surface area is 112 Å². The second-order valence-corrected chi connectivity index (χ2v) is 6.27. The van der Waals surface area contributed by atoms with Crippen molar-refractivity contribution in [1.82, 2.24) is 14.9 Å². The molecule has 0 aliphatic heterocycles. The molecule has 1 aromatic heterocycles. The van der Waals surface area contributed by atoms with Gasteiger partial charge in [-0.15, -0.1) is 0 Å². The van der Waals surface area contributed by atoms with E-state index in [1.54, 1.807) is 11.8 Å². The van der Waals surface area contributed by atoms with Gasteiger partial charge in [-0.3, -0.25) is 4.79 Å². The molecule has 1 aromatic rings. The molecule has 0 spiro atoms. The van der Waals surface area contributed by atoms with Crippen molar-refractivity contribution in [3.63, 3.8) is 0 Å². The molecule has 0 saturated heterocycles. The molecular formula is C13H19N3OS. The number of nitrogens with one attached hydrogen (secondary N) is 1. The molecule has 0 aromatic carbocycles. The number of hydrogen-bond acceptors (Lipinski definition) is 3. The predicted molar refractivity (Wildman–Crippen MR) is 71.6 cm³/mol. The first kappa shape index (κ1) is 12.1. The molecule has 1 unspecified atom stereocenters. The van der Waals surface area contributed by atoms with Gasteiger partial charge in [0.25, 0.3) is 0 Å². The van der Waals surface area contributed by atoms with Gasteiger partial charge in [0.2, 0.25) is 5.91 Å². The zero-order valence-electron chi connectivity index (χ0n) is 10.6. The molecule has 1 amide bonds. The van der Waals surface area contributed by atoms with Gasteiger partial charge in [0, 0.05) is 24.5 Å². The summed E-state index contributed by atoms with van der Waals surface area (Å²) in [7, 11) is 0. The lowest BCUT2D eigenvalue weighted by atomic mass is 10.2. The van der Waals surface area contributed by atoms with Crippen LogP contribution in [0.5, 0.6) is 0 Å². The van der Waals surface area contributed by atoms with Gasteiger partial charge in [-0.2, -0.15) is 0 Å². The summed E-state index contributed by atoms with van der Waals surface area (Å²) in [4.78, 5) is 16.1. The second-order valence-electron chi connectivity index (χ2n) is 5.33. The SMILES string of the molecule is CC(NC(=O)CSc1nccn1C1CC1)C1CC1. The Morgan fingerprint density at radius 1 is 1.56 bits per heavy atom. The van der Waals surface area contributed by atoms with Crippen molar-refractivity contribution in [1.29, 1.82) is 0 Å². The van der Waals surface area contributed by atoms with E-state index in [0.717, 1.165) is 5.16 Å². The maximum absolute atomic E-state index is 11.8. The molecule has 2 aliphatic rings. The van der Waals surface area contributed by atoms with E-state index in [-0.39, 0.29) is 5.91 Å². The topological polar surface area (TPSA) is 46.9 Å². The lowest BCUT2D eigenvalue weighted by Crippen LogP contribution is -2.35. The van der Waals surface area contributed by atoms with E-state index in [1.165, 1.54) is 25.7 Å². The molecule has 1 atom stereocenters. The zero-order valence-corrected chi connectivity index (χ0v) is 11.4. The molecule has 2 fully saturated rings. The maximum atomic E-state index is 11.8. The van der Waals surface area contributed by atoms with E-state index in [2.05, 4.69) is 21.8 Å². The molecule has 4 nitrogen and oxygen atoms in total. The van der Waals surface area contributed by atoms with Crippen molar-refractivity contribution < 1.29 is 4.79 Å². The number of nitrogens with zero attached hydrogens (tertiary/aromatic N) is 2. The Kier molecular flexibility index (Phi) is 3.33. The van der Waals surface area contributed by atoms with Crippen LogP contribution in [0.15, 0.2) is 17.6 Å². The number of thioether (sulfide) groups is 1. The molecule has 0 bridgehead atoms. The fourth-order valence-corrected chi connectivity index (χ4v) is 3.02. The summed E-state index contributed by atoms with van der Waals surface area (Å²) >= 11 is 1.54. The van der Waals surface area contributed by atoms with E-state index in [0.29, 0.717) is 23.8 Å². The molecule has 2 aliphatic carbocycles. The summed E-state index contributed by atoms with van der Waals surface area (Å²) in [5, 5.41) is 4.05. The van der Waals surface area contributed by atoms with Gasteiger partial charge in [-0.25, -0.2) is 4.98 Å². The third-order valence-electron chi connectivity index (χ3n) is 3.62. The van der Waals surface area contributed by atoms with E-state index in [9.17, 15) is 4.79 Å². The molecule has 5 heteroatoms. The van der Waals surface area contributed by atoms with Crippen LogP contribution in [0.2, 0.25) is 0 Å². The highest BCUT2D eigenvalue weighted by Gasteiger charge is 2.29. The van der Waals surface area contributed by atoms with Gasteiger partial charge in [0.15, 0.2) is 5.16 Å². The minimum Gasteiger partial charge on any atom is -0.353 e. The van der Waals surface area contributed by atoms with Crippen LogP contribution < -0.4 is 5.32 Å². The van der Waals surface area contributed by atoms with Gasteiger partial charge in [-0.05, 0) is 38.5 Å². The summed E-state index contributed by atoms with van der Waals surface area (Å²) in [6.45, 7) is 2.10. The van der Waals surface area contributed by atoms with Crippen molar-refractivity contribution in [2.45, 2.75) is 49.8 Å². The average Bonchev–Trinajstić information content (AvgIpc) is 3.24. The molecular weight excluding hydrogens is 246 g/mol. The highest BCUT2D eigenvalue weighted by atomic mass is 32.2. The van der Waals surface area contributed by atoms with Crippen LogP contribution in [0.3, 0.4) is 0 Å². The van der Waals surface area contributed by atoms with Crippen molar-refractivity contribution in [3.8, 4) is 0 Å². The monoisotopic (exact) mass is 265 g/mol. The first-order valence-corrected chi connectivity index (χ1v) is 7.67. The van der Waals surface area contributed by atoms with E-state index < -0.39 is 0 Å². The smallest absolute Gasteiger partial charge is 0.230 e. The van der Waals surface area contributed by atoms with Crippen molar-refractivity contribution in [2.75, 3.05) is 5.75 Å². The molecule has 1 N–H and O–H groups in total. The fourth-order valence-electron chi connectivity index (χ4n) is 2.18. The highest BCUT2D eigenvalue weighted by molar-refractivity contribution is 7.99. The Morgan fingerprint density at radius 2 is 2.33 bits per heavy atom. The molecule has 3 rings (SSSR count). The molecule has 2 saturated carbocycles. The van der Waals surface area contributed by atoms with Gasteiger partial charge in [-0.1, -0.05) is 11.8 Å². The van der Waals surface area contributed by atoms with Crippen LogP contribution >= 0.6 is 11.8 Å². The van der Waals surface area contributed by atoms with Crippen LogP contribution in [0.1, 0.15) is 38.6 Å². The van der Waals surface area contributed by atoms with E-state index in [4.69, 9.17) is 0 Å². The highest BCUT2D eigenvalue weighted by Crippen LogP contribution is 2.37. The third kappa shape index (κ3) is 2.88. The van der Waals surface area contributed by atoms with Crippen LogP contribution in [-0.4, -0.2) is 27.3 Å². The molecule has 18 heavy (non-hydrogen) atoms. The summed E-state index contributed by atoms with van der Waals surface area (Å²) in [5.74, 6) is 1.32. The summed E-state index contributed by atoms with van der Waals surface area (Å²) < 4.78 is 2.20. The Hall–Kier alpha value is -0.970. The number of carbonyl (C=O) groups excluding carboxylic acids is 1. The van der Waals surface area contributed by atoms with Gasteiger partial charge < -0.3 is 9.88 Å². The fraction of sp³-hybridized carbons (Fsp3) is 0.692. The Morgan fingerprint density at radius 3 is 3.00 bits per heavy atom. The van der Waals surface area contributed by atoms with Gasteiger partial charge in [0.05, 0.1) is 5.75 Å². The summed E-state index contributed by atoms with van der Waals surface area (Å²) in [6.07, 6.45) is 8.86. The normalized spacial score (nSPS) is 20.7. The summed E-state index contributed by atoms with van der Waals surface area (Å²) in [5.41, 5.74) is 0. The third-order valence-corrected chi connectivity index (χ3v) is 4.60. The number of amides is 1. The van der Waals surface area contributed by atoms with Crippen LogP contribution in [0.25, 0.3) is 0 Å². The predicted octanol–water partition coefficient (Wildman–Crippen LogP) is 2.22. The van der Waals surface area contributed by atoms with Crippen LogP contribution in [0, 0.1) is 5.92 Å². The lowest BCUT2D eigenvalue weighted by molar-refractivity contribution is -0.119. The van der Waals surface area contributed by atoms with Crippen LogP contribution in [-0.2, 0) is 4.79 Å². The minimum atomic E-state index is 0.129. The number of hydrogen-bond donors (Lipinski definition) is 1. The number of imidazole rings is 1. The van der Waals surface area contributed by atoms with E-state index in [1.807, 2.05) is 12.4 Å². The Bertz CT molecular complexity index is 437. The molecule has 0 radical (unpaired) electrons. The van der Waals surface area contributed by atoms with Gasteiger partial charge in [0.1, 0.15) is 0 Å². The Balaban J connectivity index is 1.47. The largest absolute Gasteiger partial charge is 0.353 e. The lowest BCUT2D eigenvalue weighted by Gasteiger charge is -2.12. The second kappa shape index (κ2) is 4.96. The maximum Gasteiger partial charge on any atom is 0.230 e. The summed E-state index contributed by atoms with van der Waals surface area (Å²) in [6, 6.07) is 0.963. The van der Waals surface area contributed by atoms with Crippen molar-refractivity contribution in [3.05, 3.63) is 12.4 Å². The first-order valence-electron chi connectivity index (χ1n) is 6.69. The van der Waals surface area contributed by atoms with E-state index >= 15 is 0 Å². The standard InChI is InChI=1S/C13H19N3OS/c1-9(10-2-3-10)15-12(17)8-18-13-14-6-7-16(13)11-4-5-11/h6-7,9-11H,2-5,8H2,1H3,(H,15,17). The van der Waals surface area contributed by atoms with Crippen molar-refractivity contribution in [2.24, 2.45) is 5.92 Å².